The van der Waals surface area contributed by atoms with Gasteiger partial charge in [-0.2, -0.15) is 0 Å². The summed E-state index contributed by atoms with van der Waals surface area (Å²) in [5, 5.41) is 3.87. The van der Waals surface area contributed by atoms with Crippen LogP contribution in [-0.4, -0.2) is 4.99 Å². The van der Waals surface area contributed by atoms with Crippen LogP contribution < -0.4 is 11.1 Å². The molecule has 0 unspecified atom stereocenters. The van der Waals surface area contributed by atoms with Gasteiger partial charge in [-0.1, -0.05) is 57.9 Å². The third-order valence-electron chi connectivity index (χ3n) is 2.63. The van der Waals surface area contributed by atoms with Crippen molar-refractivity contribution in [1.29, 1.82) is 0 Å². The summed E-state index contributed by atoms with van der Waals surface area (Å²) in [5.74, 6) is 0. The molecule has 0 fully saturated rings. The van der Waals surface area contributed by atoms with E-state index in [1.165, 1.54) is 0 Å². The van der Waals surface area contributed by atoms with Gasteiger partial charge in [0.25, 0.3) is 0 Å². The van der Waals surface area contributed by atoms with Crippen molar-refractivity contribution in [1.82, 2.24) is 0 Å². The molecule has 5 heteroatoms. The number of nitrogens with one attached hydrogen (secondary N) is 1. The predicted molar refractivity (Wildman–Crippen MR) is 88.8 cm³/mol. The monoisotopic (exact) mass is 354 g/mol. The van der Waals surface area contributed by atoms with E-state index in [1.54, 1.807) is 6.07 Å². The van der Waals surface area contributed by atoms with E-state index >= 15 is 0 Å². The molecule has 2 nitrogen and oxygen atoms in total. The Balaban J connectivity index is 2.20. The molecule has 0 aliphatic rings. The van der Waals surface area contributed by atoms with E-state index in [0.717, 1.165) is 15.7 Å². The Labute approximate surface area is 131 Å². The number of nitrogens with two attached hydrogens (primary N) is 1. The van der Waals surface area contributed by atoms with Crippen molar-refractivity contribution in [2.24, 2.45) is 5.73 Å². The van der Waals surface area contributed by atoms with E-state index in [9.17, 15) is 0 Å². The lowest BCUT2D eigenvalue weighted by Gasteiger charge is -2.12. The quantitative estimate of drug-likeness (QED) is 0.801. The highest BCUT2D eigenvalue weighted by Gasteiger charge is 2.09. The van der Waals surface area contributed by atoms with Crippen LogP contribution in [0.2, 0.25) is 5.02 Å². The van der Waals surface area contributed by atoms with Crippen molar-refractivity contribution >= 4 is 50.4 Å². The summed E-state index contributed by atoms with van der Waals surface area (Å²) >= 11 is 14.6. The van der Waals surface area contributed by atoms with Gasteiger partial charge in [-0.15, -0.1) is 0 Å². The molecule has 0 saturated heterocycles. The average Bonchev–Trinajstić information content (AvgIpc) is 2.36. The van der Waals surface area contributed by atoms with Crippen LogP contribution in [0.4, 0.5) is 5.69 Å². The second kappa shape index (κ2) is 6.37. The lowest BCUT2D eigenvalue weighted by molar-refractivity contribution is 1.14. The Bertz CT molecular complexity index is 616. The maximum Gasteiger partial charge on any atom is 0.107 e. The minimum Gasteiger partial charge on any atom is -0.389 e. The molecule has 0 amide bonds. The van der Waals surface area contributed by atoms with Crippen LogP contribution in [0.1, 0.15) is 11.1 Å². The fourth-order valence-electron chi connectivity index (χ4n) is 1.77. The van der Waals surface area contributed by atoms with Gasteiger partial charge in [-0.3, -0.25) is 0 Å². The first kappa shape index (κ1) is 14.3. The van der Waals surface area contributed by atoms with Gasteiger partial charge in [-0.25, -0.2) is 0 Å². The maximum absolute atomic E-state index is 6.12. The molecule has 0 aliphatic carbocycles. The van der Waals surface area contributed by atoms with Crippen molar-refractivity contribution in [2.45, 2.75) is 6.54 Å². The Kier molecular flexibility index (Phi) is 4.80. The van der Waals surface area contributed by atoms with Gasteiger partial charge in [0.1, 0.15) is 4.99 Å². The van der Waals surface area contributed by atoms with E-state index in [-0.39, 0.29) is 0 Å². The second-order valence-electron chi connectivity index (χ2n) is 4.01. The molecule has 0 heterocycles. The van der Waals surface area contributed by atoms with Gasteiger partial charge in [0.15, 0.2) is 0 Å². The third kappa shape index (κ3) is 3.69. The molecule has 0 aromatic heterocycles. The summed E-state index contributed by atoms with van der Waals surface area (Å²) in [4.78, 5) is 0.294. The molecule has 0 atom stereocenters. The van der Waals surface area contributed by atoms with Crippen LogP contribution in [-0.2, 0) is 6.54 Å². The van der Waals surface area contributed by atoms with Crippen LogP contribution >= 0.6 is 39.7 Å². The smallest absolute Gasteiger partial charge is 0.107 e. The summed E-state index contributed by atoms with van der Waals surface area (Å²) < 4.78 is 1.05. The molecule has 2 aromatic carbocycles. The second-order valence-corrected chi connectivity index (χ2v) is 5.77. The summed E-state index contributed by atoms with van der Waals surface area (Å²) in [6.07, 6.45) is 0. The lowest BCUT2D eigenvalue weighted by atomic mass is 10.1. The van der Waals surface area contributed by atoms with Gasteiger partial charge in [-0.05, 0) is 29.8 Å². The Morgan fingerprint density at radius 3 is 2.68 bits per heavy atom. The average molecular weight is 356 g/mol. The van der Waals surface area contributed by atoms with Crippen molar-refractivity contribution in [3.05, 3.63) is 63.1 Å². The summed E-state index contributed by atoms with van der Waals surface area (Å²) in [6, 6.07) is 13.6. The highest BCUT2D eigenvalue weighted by Crippen LogP contribution is 2.25. The summed E-state index contributed by atoms with van der Waals surface area (Å²) in [6.45, 7) is 0.676. The molecule has 2 rings (SSSR count). The topological polar surface area (TPSA) is 38.0 Å². The highest BCUT2D eigenvalue weighted by molar-refractivity contribution is 9.10. The zero-order valence-electron chi connectivity index (χ0n) is 9.99. The molecule has 0 saturated carbocycles. The number of hydrogen-bond donors (Lipinski definition) is 2. The SMILES string of the molecule is NC(=S)c1c(Cl)cccc1NCc1cccc(Br)c1. The molecule has 2 aromatic rings. The highest BCUT2D eigenvalue weighted by atomic mass is 79.9. The van der Waals surface area contributed by atoms with Gasteiger partial charge in [0, 0.05) is 16.7 Å². The number of hydrogen-bond acceptors (Lipinski definition) is 2. The Hall–Kier alpha value is -1.10. The van der Waals surface area contributed by atoms with Crippen LogP contribution in [0.15, 0.2) is 46.9 Å². The van der Waals surface area contributed by atoms with Crippen molar-refractivity contribution in [3.63, 3.8) is 0 Å². The van der Waals surface area contributed by atoms with Crippen molar-refractivity contribution in [3.8, 4) is 0 Å². The Morgan fingerprint density at radius 1 is 1.26 bits per heavy atom. The molecule has 98 valence electrons. The lowest BCUT2D eigenvalue weighted by Crippen LogP contribution is -2.14. The molecular weight excluding hydrogens is 344 g/mol. The molecular formula is C14H12BrClN2S. The van der Waals surface area contributed by atoms with Gasteiger partial charge in [0.2, 0.25) is 0 Å². The largest absolute Gasteiger partial charge is 0.389 e. The number of halogens is 2. The molecule has 3 N–H and O–H groups in total. The molecule has 0 aliphatic heterocycles. The molecule has 0 radical (unpaired) electrons. The summed E-state index contributed by atoms with van der Waals surface area (Å²) in [7, 11) is 0. The summed E-state index contributed by atoms with van der Waals surface area (Å²) in [5.41, 5.74) is 8.40. The van der Waals surface area contributed by atoms with Crippen LogP contribution in [0.5, 0.6) is 0 Å². The fraction of sp³-hybridized carbons (Fsp3) is 0.0714. The minimum atomic E-state index is 0.294. The van der Waals surface area contributed by atoms with Crippen LogP contribution in [0.25, 0.3) is 0 Å². The number of rotatable bonds is 4. The predicted octanol–water partition coefficient (Wildman–Crippen LogP) is 4.35. The van der Waals surface area contributed by atoms with Crippen LogP contribution in [0, 0.1) is 0 Å². The van der Waals surface area contributed by atoms with Crippen molar-refractivity contribution in [2.75, 3.05) is 5.32 Å². The first-order valence-corrected chi connectivity index (χ1v) is 7.22. The van der Waals surface area contributed by atoms with Gasteiger partial charge >= 0.3 is 0 Å². The Morgan fingerprint density at radius 2 is 2.00 bits per heavy atom. The molecule has 19 heavy (non-hydrogen) atoms. The normalized spacial score (nSPS) is 10.2. The number of benzene rings is 2. The number of thiocarbonyl (C=S) groups is 1. The zero-order chi connectivity index (χ0) is 13.8. The standard InChI is InChI=1S/C14H12BrClN2S/c15-10-4-1-3-9(7-10)8-18-12-6-2-5-11(16)13(12)14(17)19/h1-7,18H,8H2,(H2,17,19). The van der Waals surface area contributed by atoms with Crippen LogP contribution in [0.3, 0.4) is 0 Å². The van der Waals surface area contributed by atoms with Crippen molar-refractivity contribution < 1.29 is 0 Å². The number of anilines is 1. The van der Waals surface area contributed by atoms with E-state index in [4.69, 9.17) is 29.6 Å². The maximum atomic E-state index is 6.12. The first-order valence-electron chi connectivity index (χ1n) is 5.64. The van der Waals surface area contributed by atoms with Gasteiger partial charge < -0.3 is 11.1 Å². The van der Waals surface area contributed by atoms with E-state index in [2.05, 4.69) is 27.3 Å². The van der Waals surface area contributed by atoms with Gasteiger partial charge in [0.05, 0.1) is 10.6 Å². The van der Waals surface area contributed by atoms with E-state index in [1.807, 2.05) is 30.3 Å². The first-order chi connectivity index (χ1) is 9.08. The van der Waals surface area contributed by atoms with E-state index in [0.29, 0.717) is 22.1 Å². The molecule has 0 bridgehead atoms. The third-order valence-corrected chi connectivity index (χ3v) is 3.64. The van der Waals surface area contributed by atoms with E-state index < -0.39 is 0 Å². The fourth-order valence-corrected chi connectivity index (χ4v) is 2.77. The zero-order valence-corrected chi connectivity index (χ0v) is 13.1. The minimum absolute atomic E-state index is 0.294. The molecule has 0 spiro atoms.